The number of hydrogen-bond donors (Lipinski definition) is 2. The van der Waals surface area contributed by atoms with E-state index < -0.39 is 0 Å². The molecule has 0 saturated heterocycles. The number of anilines is 1. The lowest BCUT2D eigenvalue weighted by Crippen LogP contribution is -2.16. The van der Waals surface area contributed by atoms with E-state index in [1.165, 1.54) is 0 Å². The monoisotopic (exact) mass is 286 g/mol. The molecule has 0 heterocycles. The minimum absolute atomic E-state index is 0. The molecule has 0 aliphatic rings. The summed E-state index contributed by atoms with van der Waals surface area (Å²) in [7, 11) is 1.88. The quantitative estimate of drug-likeness (QED) is 0.758. The fourth-order valence-electron chi connectivity index (χ4n) is 1.57. The Hall–Kier alpha value is -1.26. The van der Waals surface area contributed by atoms with Crippen molar-refractivity contribution in [3.63, 3.8) is 0 Å². The number of halogens is 1. The van der Waals surface area contributed by atoms with Crippen molar-refractivity contribution in [3.05, 3.63) is 24.3 Å². The summed E-state index contributed by atoms with van der Waals surface area (Å²) in [4.78, 5) is 11.7. The molecule has 2 N–H and O–H groups in total. The van der Waals surface area contributed by atoms with Crippen LogP contribution in [0.5, 0.6) is 5.75 Å². The van der Waals surface area contributed by atoms with Crippen LogP contribution in [0.3, 0.4) is 0 Å². The molecule has 0 fully saturated rings. The molecule has 19 heavy (non-hydrogen) atoms. The summed E-state index contributed by atoms with van der Waals surface area (Å²) in [5.74, 6) is 0.736. The second kappa shape index (κ2) is 9.64. The smallest absolute Gasteiger partial charge is 0.224 e. The normalized spacial score (nSPS) is 9.89. The van der Waals surface area contributed by atoms with Gasteiger partial charge in [0, 0.05) is 6.42 Å². The number of amides is 1. The molecular weight excluding hydrogens is 264 g/mol. The molecule has 0 aliphatic heterocycles. The Morgan fingerprint density at radius 1 is 1.32 bits per heavy atom. The first-order valence-electron chi connectivity index (χ1n) is 6.33. The summed E-state index contributed by atoms with van der Waals surface area (Å²) >= 11 is 0. The molecule has 108 valence electrons. The molecule has 0 atom stereocenters. The van der Waals surface area contributed by atoms with Crippen LogP contribution in [0.25, 0.3) is 0 Å². The highest BCUT2D eigenvalue weighted by Crippen LogP contribution is 2.24. The van der Waals surface area contributed by atoms with Gasteiger partial charge in [-0.1, -0.05) is 12.1 Å². The average molecular weight is 287 g/mol. The van der Waals surface area contributed by atoms with Gasteiger partial charge in [0.1, 0.15) is 5.75 Å². The number of carbonyl (C=O) groups is 1. The summed E-state index contributed by atoms with van der Waals surface area (Å²) in [6, 6.07) is 7.50. The Morgan fingerprint density at radius 3 is 2.63 bits per heavy atom. The van der Waals surface area contributed by atoms with Gasteiger partial charge >= 0.3 is 0 Å². The number of rotatable bonds is 7. The van der Waals surface area contributed by atoms with E-state index in [2.05, 4.69) is 10.6 Å². The molecule has 0 radical (unpaired) electrons. The van der Waals surface area contributed by atoms with E-state index in [0.717, 1.165) is 24.4 Å². The molecule has 1 amide bonds. The third-order valence-electron chi connectivity index (χ3n) is 2.35. The maximum Gasteiger partial charge on any atom is 0.224 e. The summed E-state index contributed by atoms with van der Waals surface area (Å²) in [5, 5.41) is 5.90. The highest BCUT2D eigenvalue weighted by atomic mass is 35.5. The Balaban J connectivity index is 0.00000324. The fourth-order valence-corrected chi connectivity index (χ4v) is 1.57. The summed E-state index contributed by atoms with van der Waals surface area (Å²) in [6.07, 6.45) is 1.43. The summed E-state index contributed by atoms with van der Waals surface area (Å²) < 4.78 is 5.64. The van der Waals surface area contributed by atoms with Crippen LogP contribution in [0.2, 0.25) is 0 Å². The van der Waals surface area contributed by atoms with Crippen LogP contribution in [-0.4, -0.2) is 25.6 Å². The van der Waals surface area contributed by atoms with E-state index in [4.69, 9.17) is 4.74 Å². The van der Waals surface area contributed by atoms with Gasteiger partial charge in [0.2, 0.25) is 5.91 Å². The Morgan fingerprint density at radius 2 is 2.00 bits per heavy atom. The first-order chi connectivity index (χ1) is 8.63. The third kappa shape index (κ3) is 7.03. The standard InChI is InChI=1S/C14H22N2O2.ClH/c1-11(2)18-13-8-5-4-7-12(13)16-14(17)9-6-10-15-3;/h4-5,7-8,11,15H,6,9-10H2,1-3H3,(H,16,17);1H. The largest absolute Gasteiger partial charge is 0.489 e. The summed E-state index contributed by atoms with van der Waals surface area (Å²) in [6.45, 7) is 4.77. The van der Waals surface area contributed by atoms with Crippen molar-refractivity contribution in [2.45, 2.75) is 32.8 Å². The van der Waals surface area contributed by atoms with E-state index in [9.17, 15) is 4.79 Å². The predicted octanol–water partition coefficient (Wildman–Crippen LogP) is 2.83. The van der Waals surface area contributed by atoms with Crippen LogP contribution < -0.4 is 15.4 Å². The van der Waals surface area contributed by atoms with Crippen LogP contribution in [-0.2, 0) is 4.79 Å². The highest BCUT2D eigenvalue weighted by molar-refractivity contribution is 5.92. The molecule has 1 rings (SSSR count). The Bertz CT molecular complexity index is 383. The topological polar surface area (TPSA) is 50.4 Å². The first kappa shape index (κ1) is 17.7. The van der Waals surface area contributed by atoms with Gasteiger partial charge in [0.15, 0.2) is 0 Å². The van der Waals surface area contributed by atoms with Gasteiger partial charge < -0.3 is 15.4 Å². The molecule has 0 aliphatic carbocycles. The van der Waals surface area contributed by atoms with Gasteiger partial charge in [-0.25, -0.2) is 0 Å². The van der Waals surface area contributed by atoms with Crippen molar-refractivity contribution < 1.29 is 9.53 Å². The van der Waals surface area contributed by atoms with E-state index >= 15 is 0 Å². The molecule has 4 nitrogen and oxygen atoms in total. The number of benzene rings is 1. The van der Waals surface area contributed by atoms with Crippen molar-refractivity contribution in [2.75, 3.05) is 18.9 Å². The lowest BCUT2D eigenvalue weighted by Gasteiger charge is -2.14. The van der Waals surface area contributed by atoms with Crippen molar-refractivity contribution in [2.24, 2.45) is 0 Å². The van der Waals surface area contributed by atoms with Gasteiger partial charge in [-0.05, 0) is 46.0 Å². The summed E-state index contributed by atoms with van der Waals surface area (Å²) in [5.41, 5.74) is 0.737. The lowest BCUT2D eigenvalue weighted by atomic mass is 10.2. The second-order valence-corrected chi connectivity index (χ2v) is 4.42. The van der Waals surface area contributed by atoms with Crippen LogP contribution >= 0.6 is 12.4 Å². The molecule has 1 aromatic carbocycles. The number of carbonyl (C=O) groups excluding carboxylic acids is 1. The molecule has 0 spiro atoms. The van der Waals surface area contributed by atoms with Crippen molar-refractivity contribution in [3.8, 4) is 5.75 Å². The van der Waals surface area contributed by atoms with E-state index in [-0.39, 0.29) is 24.4 Å². The van der Waals surface area contributed by atoms with Crippen molar-refractivity contribution >= 4 is 24.0 Å². The van der Waals surface area contributed by atoms with Crippen LogP contribution in [0.1, 0.15) is 26.7 Å². The van der Waals surface area contributed by atoms with Gasteiger partial charge in [0.05, 0.1) is 11.8 Å². The molecule has 0 bridgehead atoms. The van der Waals surface area contributed by atoms with Gasteiger partial charge in [-0.15, -0.1) is 12.4 Å². The Kier molecular flexibility index (Phi) is 9.00. The molecule has 0 aromatic heterocycles. The van der Waals surface area contributed by atoms with Crippen LogP contribution in [0.4, 0.5) is 5.69 Å². The zero-order valence-electron chi connectivity index (χ0n) is 11.7. The predicted molar refractivity (Wildman–Crippen MR) is 81.2 cm³/mol. The highest BCUT2D eigenvalue weighted by Gasteiger charge is 2.08. The van der Waals surface area contributed by atoms with Crippen LogP contribution in [0, 0.1) is 0 Å². The average Bonchev–Trinajstić information content (AvgIpc) is 2.31. The first-order valence-corrected chi connectivity index (χ1v) is 6.33. The Labute approximate surface area is 121 Å². The SMILES string of the molecule is CNCCCC(=O)Nc1ccccc1OC(C)C.Cl. The lowest BCUT2D eigenvalue weighted by molar-refractivity contribution is -0.116. The van der Waals surface area contributed by atoms with E-state index in [1.807, 2.05) is 45.2 Å². The number of nitrogens with one attached hydrogen (secondary N) is 2. The van der Waals surface area contributed by atoms with Crippen LogP contribution in [0.15, 0.2) is 24.3 Å². The number of hydrogen-bond acceptors (Lipinski definition) is 3. The zero-order valence-corrected chi connectivity index (χ0v) is 12.5. The third-order valence-corrected chi connectivity index (χ3v) is 2.35. The molecule has 5 heteroatoms. The second-order valence-electron chi connectivity index (χ2n) is 4.42. The number of para-hydroxylation sites is 2. The van der Waals surface area contributed by atoms with Gasteiger partial charge in [-0.3, -0.25) is 4.79 Å². The molecule has 1 aromatic rings. The van der Waals surface area contributed by atoms with E-state index in [0.29, 0.717) is 6.42 Å². The molecule has 0 saturated carbocycles. The number of ether oxygens (including phenoxy) is 1. The van der Waals surface area contributed by atoms with Crippen molar-refractivity contribution in [1.82, 2.24) is 5.32 Å². The van der Waals surface area contributed by atoms with Gasteiger partial charge in [0.25, 0.3) is 0 Å². The molecule has 0 unspecified atom stereocenters. The zero-order chi connectivity index (χ0) is 13.4. The minimum Gasteiger partial charge on any atom is -0.489 e. The van der Waals surface area contributed by atoms with Gasteiger partial charge in [-0.2, -0.15) is 0 Å². The van der Waals surface area contributed by atoms with Crippen molar-refractivity contribution in [1.29, 1.82) is 0 Å². The maximum atomic E-state index is 11.7. The minimum atomic E-state index is 0. The maximum absolute atomic E-state index is 11.7. The molecular formula is C14H23ClN2O2. The fraction of sp³-hybridized carbons (Fsp3) is 0.500. The van der Waals surface area contributed by atoms with E-state index in [1.54, 1.807) is 0 Å².